The van der Waals surface area contributed by atoms with Crippen LogP contribution in [-0.2, 0) is 11.2 Å². The third kappa shape index (κ3) is 2.37. The second-order valence-corrected chi connectivity index (χ2v) is 5.32. The largest absolute Gasteiger partial charge is 0.381 e. The van der Waals surface area contributed by atoms with Gasteiger partial charge in [-0.15, -0.1) is 0 Å². The molecular weight excluding hydrogens is 250 g/mol. The zero-order valence-corrected chi connectivity index (χ0v) is 11.8. The van der Waals surface area contributed by atoms with Crippen molar-refractivity contribution in [3.05, 3.63) is 48.0 Å². The molecule has 0 saturated carbocycles. The summed E-state index contributed by atoms with van der Waals surface area (Å²) < 4.78 is 7.58. The van der Waals surface area contributed by atoms with Crippen LogP contribution in [0.1, 0.15) is 30.6 Å². The number of imidazole rings is 1. The van der Waals surface area contributed by atoms with Gasteiger partial charge < -0.3 is 15.0 Å². The Kier molecular flexibility index (Phi) is 3.85. The van der Waals surface area contributed by atoms with Crippen molar-refractivity contribution in [3.63, 3.8) is 0 Å². The number of nitrogens with two attached hydrogens (primary N) is 1. The molecule has 0 spiro atoms. The van der Waals surface area contributed by atoms with Crippen LogP contribution in [0.2, 0.25) is 0 Å². The highest BCUT2D eigenvalue weighted by Gasteiger charge is 2.26. The second-order valence-electron chi connectivity index (χ2n) is 5.32. The van der Waals surface area contributed by atoms with Crippen molar-refractivity contribution in [3.8, 4) is 5.69 Å². The van der Waals surface area contributed by atoms with E-state index in [1.807, 2.05) is 12.5 Å². The Morgan fingerprint density at radius 3 is 3.05 bits per heavy atom. The summed E-state index contributed by atoms with van der Waals surface area (Å²) in [4.78, 5) is 4.31. The molecule has 1 aromatic heterocycles. The average Bonchev–Trinajstić information content (AvgIpc) is 3.17. The van der Waals surface area contributed by atoms with Gasteiger partial charge in [-0.3, -0.25) is 0 Å². The quantitative estimate of drug-likeness (QED) is 0.929. The third-order valence-electron chi connectivity index (χ3n) is 4.11. The lowest BCUT2D eigenvalue weighted by Crippen LogP contribution is -2.24. The molecule has 4 nitrogen and oxygen atoms in total. The van der Waals surface area contributed by atoms with Crippen molar-refractivity contribution in [2.24, 2.45) is 11.7 Å². The number of rotatable bonds is 4. The highest BCUT2D eigenvalue weighted by Crippen LogP contribution is 2.28. The molecule has 2 unspecified atom stereocenters. The highest BCUT2D eigenvalue weighted by atomic mass is 16.5. The number of benzene rings is 1. The minimum Gasteiger partial charge on any atom is -0.381 e. The molecule has 0 aliphatic carbocycles. The summed E-state index contributed by atoms with van der Waals surface area (Å²) in [5.41, 5.74) is 9.99. The van der Waals surface area contributed by atoms with Gasteiger partial charge in [0.15, 0.2) is 0 Å². The molecular formula is C16H21N3O. The molecule has 1 fully saturated rings. The number of nitrogens with zero attached hydrogens (tertiary/aromatic N) is 2. The lowest BCUT2D eigenvalue weighted by molar-refractivity contribution is 0.180. The molecule has 1 aliphatic rings. The molecule has 2 heterocycles. The van der Waals surface area contributed by atoms with Crippen molar-refractivity contribution in [1.82, 2.24) is 9.55 Å². The van der Waals surface area contributed by atoms with Crippen LogP contribution in [-0.4, -0.2) is 22.8 Å². The fourth-order valence-electron chi connectivity index (χ4n) is 2.88. The van der Waals surface area contributed by atoms with Crippen molar-refractivity contribution in [2.75, 3.05) is 13.2 Å². The normalized spacial score (nSPS) is 20.2. The van der Waals surface area contributed by atoms with Gasteiger partial charge >= 0.3 is 0 Å². The summed E-state index contributed by atoms with van der Waals surface area (Å²) in [5, 5.41) is 0. The Labute approximate surface area is 119 Å². The first-order valence-electron chi connectivity index (χ1n) is 7.25. The maximum absolute atomic E-state index is 6.43. The van der Waals surface area contributed by atoms with Crippen LogP contribution >= 0.6 is 0 Å². The number of aryl methyl sites for hydroxylation is 1. The van der Waals surface area contributed by atoms with Gasteiger partial charge in [0.2, 0.25) is 0 Å². The van der Waals surface area contributed by atoms with Gasteiger partial charge in [-0.1, -0.05) is 25.1 Å². The summed E-state index contributed by atoms with van der Waals surface area (Å²) in [5.74, 6) is 0.388. The zero-order valence-electron chi connectivity index (χ0n) is 11.8. The van der Waals surface area contributed by atoms with Gasteiger partial charge in [0, 0.05) is 12.5 Å². The van der Waals surface area contributed by atoms with Gasteiger partial charge in [-0.2, -0.15) is 0 Å². The predicted molar refractivity (Wildman–Crippen MR) is 78.8 cm³/mol. The molecule has 1 aromatic carbocycles. The van der Waals surface area contributed by atoms with Crippen LogP contribution in [0, 0.1) is 5.92 Å². The smallest absolute Gasteiger partial charge is 0.0994 e. The number of hydrogen-bond acceptors (Lipinski definition) is 3. The van der Waals surface area contributed by atoms with E-state index < -0.39 is 0 Å². The summed E-state index contributed by atoms with van der Waals surface area (Å²) in [6.45, 7) is 3.74. The minimum atomic E-state index is -0.0232. The van der Waals surface area contributed by atoms with Gasteiger partial charge in [-0.25, -0.2) is 4.98 Å². The van der Waals surface area contributed by atoms with Crippen LogP contribution in [0.15, 0.2) is 36.8 Å². The van der Waals surface area contributed by atoms with Crippen LogP contribution in [0.3, 0.4) is 0 Å². The Balaban J connectivity index is 1.97. The van der Waals surface area contributed by atoms with E-state index in [0.717, 1.165) is 31.7 Å². The third-order valence-corrected chi connectivity index (χ3v) is 4.11. The van der Waals surface area contributed by atoms with E-state index in [1.54, 1.807) is 0 Å². The molecule has 3 rings (SSSR count). The molecule has 106 valence electrons. The highest BCUT2D eigenvalue weighted by molar-refractivity contribution is 5.42. The summed E-state index contributed by atoms with van der Waals surface area (Å²) in [7, 11) is 0. The molecule has 1 saturated heterocycles. The van der Waals surface area contributed by atoms with Gasteiger partial charge in [0.1, 0.15) is 0 Å². The van der Waals surface area contributed by atoms with Gasteiger partial charge in [-0.05, 0) is 24.5 Å². The van der Waals surface area contributed by atoms with Crippen LogP contribution in [0.4, 0.5) is 0 Å². The van der Waals surface area contributed by atoms with Gasteiger partial charge in [0.05, 0.1) is 36.6 Å². The van der Waals surface area contributed by atoms with Crippen LogP contribution < -0.4 is 5.73 Å². The van der Waals surface area contributed by atoms with Crippen LogP contribution in [0.5, 0.6) is 0 Å². The first-order chi connectivity index (χ1) is 9.81. The Morgan fingerprint density at radius 2 is 2.30 bits per heavy atom. The molecule has 20 heavy (non-hydrogen) atoms. The zero-order chi connectivity index (χ0) is 13.9. The first-order valence-corrected chi connectivity index (χ1v) is 7.25. The molecule has 2 atom stereocenters. The summed E-state index contributed by atoms with van der Waals surface area (Å²) >= 11 is 0. The Morgan fingerprint density at radius 1 is 1.45 bits per heavy atom. The lowest BCUT2D eigenvalue weighted by atomic mass is 9.97. The standard InChI is InChI=1S/C16H21N3O/c1-2-12-5-3-4-6-14(12)19-11-18-9-15(19)16(17)13-7-8-20-10-13/h3-6,9,11,13,16H,2,7-8,10,17H2,1H3. The molecule has 1 aliphatic heterocycles. The molecule has 0 amide bonds. The average molecular weight is 271 g/mol. The topological polar surface area (TPSA) is 53.1 Å². The van der Waals surface area contributed by atoms with E-state index in [-0.39, 0.29) is 6.04 Å². The van der Waals surface area contributed by atoms with Crippen molar-refractivity contribution in [2.45, 2.75) is 25.8 Å². The molecule has 0 radical (unpaired) electrons. The van der Waals surface area contributed by atoms with Crippen LogP contribution in [0.25, 0.3) is 5.69 Å². The SMILES string of the molecule is CCc1ccccc1-n1cncc1C(N)C1CCOC1. The van der Waals surface area contributed by atoms with E-state index in [2.05, 4.69) is 40.7 Å². The fourth-order valence-corrected chi connectivity index (χ4v) is 2.88. The first kappa shape index (κ1) is 13.3. The number of para-hydroxylation sites is 1. The fraction of sp³-hybridized carbons (Fsp3) is 0.438. The molecule has 0 bridgehead atoms. The monoisotopic (exact) mass is 271 g/mol. The number of aromatic nitrogens is 2. The Hall–Kier alpha value is -1.65. The molecule has 2 aromatic rings. The molecule has 2 N–H and O–H groups in total. The van der Waals surface area contributed by atoms with Crippen molar-refractivity contribution >= 4 is 0 Å². The van der Waals surface area contributed by atoms with E-state index in [0.29, 0.717) is 5.92 Å². The number of hydrogen-bond donors (Lipinski definition) is 1. The van der Waals surface area contributed by atoms with E-state index >= 15 is 0 Å². The Bertz CT molecular complexity index is 573. The van der Waals surface area contributed by atoms with E-state index in [1.165, 1.54) is 11.3 Å². The van der Waals surface area contributed by atoms with Crippen molar-refractivity contribution in [1.29, 1.82) is 0 Å². The maximum Gasteiger partial charge on any atom is 0.0994 e. The maximum atomic E-state index is 6.43. The van der Waals surface area contributed by atoms with E-state index in [4.69, 9.17) is 10.5 Å². The molecule has 4 heteroatoms. The van der Waals surface area contributed by atoms with Crippen molar-refractivity contribution < 1.29 is 4.74 Å². The predicted octanol–water partition coefficient (Wildman–Crippen LogP) is 2.47. The minimum absolute atomic E-state index is 0.0232. The number of ether oxygens (including phenoxy) is 1. The summed E-state index contributed by atoms with van der Waals surface area (Å²) in [6, 6.07) is 8.39. The van der Waals surface area contributed by atoms with Gasteiger partial charge in [0.25, 0.3) is 0 Å². The summed E-state index contributed by atoms with van der Waals surface area (Å²) in [6.07, 6.45) is 5.77. The lowest BCUT2D eigenvalue weighted by Gasteiger charge is -2.20. The second kappa shape index (κ2) is 5.77. The van der Waals surface area contributed by atoms with E-state index in [9.17, 15) is 0 Å².